The molecule has 142 valence electrons. The van der Waals surface area contributed by atoms with Crippen molar-refractivity contribution in [1.29, 1.82) is 0 Å². The van der Waals surface area contributed by atoms with Gasteiger partial charge in [0.15, 0.2) is 0 Å². The first kappa shape index (κ1) is 18.7. The summed E-state index contributed by atoms with van der Waals surface area (Å²) in [5.74, 6) is -0.239. The molecule has 0 radical (unpaired) electrons. The van der Waals surface area contributed by atoms with E-state index >= 15 is 0 Å². The number of thiazole rings is 1. The summed E-state index contributed by atoms with van der Waals surface area (Å²) in [5, 5.41) is 13.3. The third-order valence-corrected chi connectivity index (χ3v) is 6.52. The van der Waals surface area contributed by atoms with Crippen LogP contribution in [0.15, 0.2) is 54.6 Å². The molecular weight excluding hydrogens is 390 g/mol. The van der Waals surface area contributed by atoms with E-state index in [0.717, 1.165) is 21.2 Å². The van der Waals surface area contributed by atoms with Gasteiger partial charge in [-0.05, 0) is 38.2 Å². The average molecular weight is 410 g/mol. The highest BCUT2D eigenvalue weighted by atomic mass is 32.1. The van der Waals surface area contributed by atoms with E-state index in [1.54, 1.807) is 11.3 Å². The summed E-state index contributed by atoms with van der Waals surface area (Å²) in [6.45, 7) is 2.73. The van der Waals surface area contributed by atoms with Gasteiger partial charge < -0.3 is 5.32 Å². The Morgan fingerprint density at radius 3 is 2.61 bits per heavy atom. The van der Waals surface area contributed by atoms with E-state index in [2.05, 4.69) is 33.4 Å². The average Bonchev–Trinajstić information content (AvgIpc) is 3.35. The minimum Gasteiger partial charge on any atom is -0.320 e. The minimum absolute atomic E-state index is 0.142. The van der Waals surface area contributed by atoms with Gasteiger partial charge in [0.25, 0.3) is 5.91 Å². The van der Waals surface area contributed by atoms with Crippen LogP contribution in [0, 0.1) is 0 Å². The van der Waals surface area contributed by atoms with E-state index in [-0.39, 0.29) is 11.9 Å². The lowest BCUT2D eigenvalue weighted by Gasteiger charge is -2.21. The number of hydrogen-bond acceptors (Lipinski definition) is 7. The van der Waals surface area contributed by atoms with Gasteiger partial charge in [0.1, 0.15) is 10.0 Å². The van der Waals surface area contributed by atoms with Crippen LogP contribution in [0.5, 0.6) is 0 Å². The van der Waals surface area contributed by atoms with E-state index in [0.29, 0.717) is 11.6 Å². The molecule has 2 aromatic heterocycles. The Morgan fingerprint density at radius 2 is 1.82 bits per heavy atom. The Bertz CT molecular complexity index is 1060. The van der Waals surface area contributed by atoms with Gasteiger partial charge in [-0.15, -0.1) is 21.5 Å². The second-order valence-electron chi connectivity index (χ2n) is 6.43. The normalized spacial score (nSPS) is 12.4. The number of fused-ring (bicyclic) bond motifs is 1. The van der Waals surface area contributed by atoms with Crippen LogP contribution in [0.1, 0.15) is 32.8 Å². The summed E-state index contributed by atoms with van der Waals surface area (Å²) in [7, 11) is 2.03. The minimum atomic E-state index is -0.239. The quantitative estimate of drug-likeness (QED) is 0.504. The number of rotatable bonds is 6. The van der Waals surface area contributed by atoms with Gasteiger partial charge in [0, 0.05) is 5.69 Å². The first-order valence-electron chi connectivity index (χ1n) is 8.84. The van der Waals surface area contributed by atoms with Crippen LogP contribution in [-0.4, -0.2) is 33.0 Å². The highest BCUT2D eigenvalue weighted by Crippen LogP contribution is 2.29. The molecule has 0 saturated heterocycles. The molecule has 1 unspecified atom stereocenters. The molecule has 6 nitrogen and oxygen atoms in total. The number of para-hydroxylation sites is 2. The maximum Gasteiger partial charge on any atom is 0.286 e. The lowest BCUT2D eigenvalue weighted by molar-refractivity contribution is 0.102. The summed E-state index contributed by atoms with van der Waals surface area (Å²) in [4.78, 5) is 19.2. The van der Waals surface area contributed by atoms with Crippen molar-refractivity contribution in [3.8, 4) is 0 Å². The van der Waals surface area contributed by atoms with Crippen LogP contribution in [0.25, 0.3) is 10.2 Å². The van der Waals surface area contributed by atoms with Crippen molar-refractivity contribution in [3.63, 3.8) is 0 Å². The zero-order valence-electron chi connectivity index (χ0n) is 15.5. The van der Waals surface area contributed by atoms with Crippen LogP contribution in [0.2, 0.25) is 0 Å². The van der Waals surface area contributed by atoms with Crippen molar-refractivity contribution in [2.45, 2.75) is 19.5 Å². The molecule has 0 saturated carbocycles. The van der Waals surface area contributed by atoms with E-state index < -0.39 is 0 Å². The number of benzene rings is 2. The molecule has 0 aliphatic carbocycles. The van der Waals surface area contributed by atoms with E-state index in [9.17, 15) is 4.79 Å². The van der Waals surface area contributed by atoms with Crippen molar-refractivity contribution in [2.75, 3.05) is 12.4 Å². The molecule has 1 atom stereocenters. The largest absolute Gasteiger partial charge is 0.320 e. The molecular formula is C20H19N5OS2. The Balaban J connectivity index is 1.42. The molecule has 0 aliphatic heterocycles. The SMILES string of the molecule is CC(c1nc2ccccc2s1)N(C)Cc1nnc(C(=O)Nc2ccccc2)s1. The predicted octanol–water partition coefficient (Wildman–Crippen LogP) is 4.59. The van der Waals surface area contributed by atoms with Crippen molar-refractivity contribution in [3.05, 3.63) is 69.6 Å². The second kappa shape index (κ2) is 8.14. The van der Waals surface area contributed by atoms with Gasteiger partial charge >= 0.3 is 0 Å². The smallest absolute Gasteiger partial charge is 0.286 e. The van der Waals surface area contributed by atoms with Crippen LogP contribution in [0.4, 0.5) is 5.69 Å². The monoisotopic (exact) mass is 409 g/mol. The zero-order valence-corrected chi connectivity index (χ0v) is 17.1. The van der Waals surface area contributed by atoms with Crippen LogP contribution >= 0.6 is 22.7 Å². The standard InChI is InChI=1S/C20H19N5OS2/c1-13(19-22-15-10-6-7-11-16(15)27-19)25(2)12-17-23-24-20(28-17)18(26)21-14-8-4-3-5-9-14/h3-11,13H,12H2,1-2H3,(H,21,26). The van der Waals surface area contributed by atoms with Crippen molar-refractivity contribution < 1.29 is 4.79 Å². The van der Waals surface area contributed by atoms with Gasteiger partial charge in [0.2, 0.25) is 5.01 Å². The topological polar surface area (TPSA) is 71.0 Å². The Hall–Kier alpha value is -2.68. The predicted molar refractivity (Wildman–Crippen MR) is 114 cm³/mol. The van der Waals surface area contributed by atoms with Crippen LogP contribution < -0.4 is 5.32 Å². The molecule has 8 heteroatoms. The van der Waals surface area contributed by atoms with Crippen molar-refractivity contribution in [1.82, 2.24) is 20.1 Å². The third-order valence-electron chi connectivity index (χ3n) is 4.41. The molecule has 4 rings (SSSR count). The van der Waals surface area contributed by atoms with Crippen molar-refractivity contribution in [2.24, 2.45) is 0 Å². The molecule has 0 bridgehead atoms. The molecule has 0 spiro atoms. The number of carbonyl (C=O) groups is 1. The molecule has 2 heterocycles. The van der Waals surface area contributed by atoms with E-state index in [1.165, 1.54) is 16.0 Å². The first-order valence-corrected chi connectivity index (χ1v) is 10.5. The van der Waals surface area contributed by atoms with Crippen LogP contribution in [0.3, 0.4) is 0 Å². The molecule has 4 aromatic rings. The number of nitrogens with one attached hydrogen (secondary N) is 1. The maximum absolute atomic E-state index is 12.3. The van der Waals surface area contributed by atoms with Gasteiger partial charge in [-0.2, -0.15) is 0 Å². The van der Waals surface area contributed by atoms with Gasteiger partial charge in [-0.3, -0.25) is 9.69 Å². The summed E-state index contributed by atoms with van der Waals surface area (Å²) >= 11 is 3.02. The summed E-state index contributed by atoms with van der Waals surface area (Å²) in [6.07, 6.45) is 0. The fourth-order valence-corrected chi connectivity index (χ4v) is 4.61. The first-order chi connectivity index (χ1) is 13.6. The molecule has 2 aromatic carbocycles. The number of carbonyl (C=O) groups excluding carboxylic acids is 1. The number of nitrogens with zero attached hydrogens (tertiary/aromatic N) is 4. The molecule has 0 aliphatic rings. The lowest BCUT2D eigenvalue weighted by Crippen LogP contribution is -2.21. The molecule has 0 fully saturated rings. The Labute approximate surface area is 170 Å². The zero-order chi connectivity index (χ0) is 19.5. The number of anilines is 1. The highest BCUT2D eigenvalue weighted by molar-refractivity contribution is 7.18. The van der Waals surface area contributed by atoms with Gasteiger partial charge in [-0.25, -0.2) is 4.98 Å². The van der Waals surface area contributed by atoms with Crippen LogP contribution in [-0.2, 0) is 6.54 Å². The molecule has 28 heavy (non-hydrogen) atoms. The van der Waals surface area contributed by atoms with E-state index in [1.807, 2.05) is 55.6 Å². The Morgan fingerprint density at radius 1 is 1.07 bits per heavy atom. The van der Waals surface area contributed by atoms with Gasteiger partial charge in [0.05, 0.1) is 22.8 Å². The van der Waals surface area contributed by atoms with E-state index in [4.69, 9.17) is 4.98 Å². The lowest BCUT2D eigenvalue weighted by atomic mass is 10.3. The highest BCUT2D eigenvalue weighted by Gasteiger charge is 2.19. The van der Waals surface area contributed by atoms with Crippen molar-refractivity contribution >= 4 is 44.5 Å². The fourth-order valence-electron chi connectivity index (χ4n) is 2.72. The molecule has 1 N–H and O–H groups in total. The molecule has 1 amide bonds. The fraction of sp³-hybridized carbons (Fsp3) is 0.200. The number of amides is 1. The second-order valence-corrected chi connectivity index (χ2v) is 8.56. The maximum atomic E-state index is 12.3. The summed E-state index contributed by atoms with van der Waals surface area (Å²) < 4.78 is 1.19. The number of aromatic nitrogens is 3. The summed E-state index contributed by atoms with van der Waals surface area (Å²) in [6, 6.07) is 17.6. The Kier molecular flexibility index (Phi) is 5.43. The van der Waals surface area contributed by atoms with Gasteiger partial charge in [-0.1, -0.05) is 41.7 Å². The number of hydrogen-bond donors (Lipinski definition) is 1. The summed E-state index contributed by atoms with van der Waals surface area (Å²) in [5.41, 5.74) is 1.77. The third kappa shape index (κ3) is 4.09.